The third kappa shape index (κ3) is 3.03. The number of thiophene rings is 1. The zero-order valence-corrected chi connectivity index (χ0v) is 14.4. The van der Waals surface area contributed by atoms with E-state index < -0.39 is 0 Å². The van der Waals surface area contributed by atoms with Crippen LogP contribution in [0.1, 0.15) is 40.8 Å². The van der Waals surface area contributed by atoms with Crippen molar-refractivity contribution in [3.8, 4) is 0 Å². The second kappa shape index (κ2) is 6.80. The molecule has 1 amide bonds. The normalized spacial score (nSPS) is 13.5. The maximum atomic E-state index is 12.6. The van der Waals surface area contributed by atoms with Crippen LogP contribution >= 0.6 is 11.3 Å². The Morgan fingerprint density at radius 3 is 2.96 bits per heavy atom. The summed E-state index contributed by atoms with van der Waals surface area (Å²) in [5, 5.41) is 6.76. The minimum atomic E-state index is -0.117. The molecule has 7 heteroatoms. The minimum Gasteiger partial charge on any atom is -0.350 e. The molecule has 0 atom stereocenters. The van der Waals surface area contributed by atoms with Gasteiger partial charge >= 0.3 is 0 Å². The number of hydrogen-bond donors (Lipinski definition) is 2. The van der Waals surface area contributed by atoms with Gasteiger partial charge in [-0.3, -0.25) is 14.2 Å². The lowest BCUT2D eigenvalue weighted by Crippen LogP contribution is -2.32. The van der Waals surface area contributed by atoms with Crippen LogP contribution in [0.5, 0.6) is 0 Å². The van der Waals surface area contributed by atoms with Crippen molar-refractivity contribution in [1.29, 1.82) is 0 Å². The third-order valence-corrected chi connectivity index (χ3v) is 5.32. The first-order chi connectivity index (χ1) is 11.1. The van der Waals surface area contributed by atoms with Gasteiger partial charge in [-0.1, -0.05) is 6.92 Å². The van der Waals surface area contributed by atoms with E-state index in [4.69, 9.17) is 0 Å². The fourth-order valence-corrected chi connectivity index (χ4v) is 4.05. The summed E-state index contributed by atoms with van der Waals surface area (Å²) in [6.07, 6.45) is 2.88. The van der Waals surface area contributed by atoms with Crippen LogP contribution in [0.2, 0.25) is 0 Å². The smallest absolute Gasteiger partial charge is 0.262 e. The van der Waals surface area contributed by atoms with E-state index in [0.717, 1.165) is 50.3 Å². The van der Waals surface area contributed by atoms with Gasteiger partial charge in [0.05, 0.1) is 10.3 Å². The van der Waals surface area contributed by atoms with Gasteiger partial charge in [0.25, 0.3) is 11.5 Å². The summed E-state index contributed by atoms with van der Waals surface area (Å²) in [5.74, 6) is 0.729. The molecule has 3 heterocycles. The van der Waals surface area contributed by atoms with Crippen LogP contribution in [0.15, 0.2) is 4.79 Å². The molecule has 0 saturated carbocycles. The van der Waals surface area contributed by atoms with Crippen molar-refractivity contribution in [1.82, 2.24) is 20.2 Å². The molecule has 0 aliphatic carbocycles. The molecule has 23 heavy (non-hydrogen) atoms. The van der Waals surface area contributed by atoms with E-state index in [2.05, 4.69) is 22.5 Å². The fraction of sp³-hybridized carbons (Fsp3) is 0.562. The quantitative estimate of drug-likeness (QED) is 0.784. The lowest BCUT2D eigenvalue weighted by molar-refractivity contribution is 0.0957. The molecule has 3 rings (SSSR count). The molecule has 2 N–H and O–H groups in total. The Kier molecular flexibility index (Phi) is 4.77. The Bertz CT molecular complexity index is 793. The van der Waals surface area contributed by atoms with Gasteiger partial charge in [0.1, 0.15) is 10.7 Å². The van der Waals surface area contributed by atoms with E-state index in [-0.39, 0.29) is 11.5 Å². The number of hydrogen-bond acceptors (Lipinski definition) is 5. The molecule has 124 valence electrons. The molecule has 0 unspecified atom stereocenters. The van der Waals surface area contributed by atoms with Gasteiger partial charge in [0, 0.05) is 26.1 Å². The van der Waals surface area contributed by atoms with Crippen molar-refractivity contribution < 1.29 is 4.79 Å². The number of aromatic nitrogens is 2. The molecule has 6 nitrogen and oxygen atoms in total. The molecular weight excluding hydrogens is 312 g/mol. The van der Waals surface area contributed by atoms with Gasteiger partial charge < -0.3 is 10.6 Å². The molecule has 0 saturated heterocycles. The lowest BCUT2D eigenvalue weighted by Gasteiger charge is -2.05. The van der Waals surface area contributed by atoms with Crippen LogP contribution in [-0.2, 0) is 13.0 Å². The van der Waals surface area contributed by atoms with Crippen molar-refractivity contribution in [3.05, 3.63) is 26.6 Å². The highest BCUT2D eigenvalue weighted by Gasteiger charge is 2.22. The first-order valence-electron chi connectivity index (χ1n) is 8.15. The first-order valence-corrected chi connectivity index (χ1v) is 8.96. The lowest BCUT2D eigenvalue weighted by atomic mass is 10.2. The number of rotatable bonds is 6. The zero-order valence-electron chi connectivity index (χ0n) is 13.6. The summed E-state index contributed by atoms with van der Waals surface area (Å²) in [6, 6.07) is 0. The largest absolute Gasteiger partial charge is 0.350 e. The minimum absolute atomic E-state index is 0.0000811. The van der Waals surface area contributed by atoms with Gasteiger partial charge in [0.15, 0.2) is 0 Å². The van der Waals surface area contributed by atoms with Gasteiger partial charge in [-0.2, -0.15) is 0 Å². The number of amides is 1. The van der Waals surface area contributed by atoms with Gasteiger partial charge in [-0.05, 0) is 31.9 Å². The molecule has 0 fully saturated rings. The SMILES string of the molecule is CCCNCCNC(=O)c1sc2nc3n(c(=O)c2c1C)CCC3. The molecule has 1 aliphatic heterocycles. The van der Waals surface area contributed by atoms with Crippen LogP contribution in [0.25, 0.3) is 10.2 Å². The van der Waals surface area contributed by atoms with E-state index >= 15 is 0 Å². The van der Waals surface area contributed by atoms with Crippen LogP contribution < -0.4 is 16.2 Å². The van der Waals surface area contributed by atoms with E-state index in [1.54, 1.807) is 4.57 Å². The Balaban J connectivity index is 1.82. The van der Waals surface area contributed by atoms with Crippen LogP contribution in [-0.4, -0.2) is 35.1 Å². The summed E-state index contributed by atoms with van der Waals surface area (Å²) < 4.78 is 1.75. The van der Waals surface area contributed by atoms with Crippen LogP contribution in [0, 0.1) is 6.92 Å². The number of nitrogens with one attached hydrogen (secondary N) is 2. The number of carbonyl (C=O) groups is 1. The standard InChI is InChI=1S/C16H22N4O2S/c1-3-6-17-7-8-18-14(21)13-10(2)12-15(23-13)19-11-5-4-9-20(11)16(12)22/h17H,3-9H2,1-2H3,(H,18,21). The maximum Gasteiger partial charge on any atom is 0.262 e. The summed E-state index contributed by atoms with van der Waals surface area (Å²) in [5.41, 5.74) is 0.753. The van der Waals surface area contributed by atoms with Crippen LogP contribution in [0.4, 0.5) is 0 Å². The Morgan fingerprint density at radius 1 is 1.35 bits per heavy atom. The Morgan fingerprint density at radius 2 is 2.17 bits per heavy atom. The van der Waals surface area contributed by atoms with Crippen molar-refractivity contribution in [2.45, 2.75) is 39.7 Å². The van der Waals surface area contributed by atoms with Crippen LogP contribution in [0.3, 0.4) is 0 Å². The molecule has 2 aromatic rings. The van der Waals surface area contributed by atoms with E-state index in [0.29, 0.717) is 21.6 Å². The second-order valence-electron chi connectivity index (χ2n) is 5.83. The molecule has 0 aromatic carbocycles. The number of fused-ring (bicyclic) bond motifs is 2. The highest BCUT2D eigenvalue weighted by molar-refractivity contribution is 7.20. The molecule has 0 radical (unpaired) electrons. The van der Waals surface area contributed by atoms with E-state index in [1.807, 2.05) is 6.92 Å². The van der Waals surface area contributed by atoms with Gasteiger partial charge in [-0.15, -0.1) is 11.3 Å². The third-order valence-electron chi connectivity index (χ3n) is 4.13. The Hall–Kier alpha value is -1.73. The zero-order chi connectivity index (χ0) is 16.4. The number of carbonyl (C=O) groups excluding carboxylic acids is 1. The maximum absolute atomic E-state index is 12.6. The summed E-state index contributed by atoms with van der Waals surface area (Å²) in [6.45, 7) is 6.96. The van der Waals surface area contributed by atoms with Gasteiger partial charge in [-0.25, -0.2) is 4.98 Å². The van der Waals surface area contributed by atoms with Crippen molar-refractivity contribution in [2.75, 3.05) is 19.6 Å². The summed E-state index contributed by atoms with van der Waals surface area (Å²) in [7, 11) is 0. The average Bonchev–Trinajstić information content (AvgIpc) is 3.12. The van der Waals surface area contributed by atoms with Crippen molar-refractivity contribution >= 4 is 27.5 Å². The second-order valence-corrected chi connectivity index (χ2v) is 6.83. The topological polar surface area (TPSA) is 76.0 Å². The molecular formula is C16H22N4O2S. The average molecular weight is 334 g/mol. The van der Waals surface area contributed by atoms with Crippen molar-refractivity contribution in [2.24, 2.45) is 0 Å². The van der Waals surface area contributed by atoms with E-state index in [1.165, 1.54) is 11.3 Å². The Labute approximate surface area is 138 Å². The molecule has 0 spiro atoms. The highest BCUT2D eigenvalue weighted by atomic mass is 32.1. The predicted molar refractivity (Wildman–Crippen MR) is 92.4 cm³/mol. The number of aryl methyl sites for hydroxylation is 2. The highest BCUT2D eigenvalue weighted by Crippen LogP contribution is 2.28. The predicted octanol–water partition coefficient (Wildman–Crippen LogP) is 1.44. The summed E-state index contributed by atoms with van der Waals surface area (Å²) in [4.78, 5) is 30.8. The molecule has 2 aromatic heterocycles. The monoisotopic (exact) mass is 334 g/mol. The molecule has 1 aliphatic rings. The molecule has 0 bridgehead atoms. The fourth-order valence-electron chi connectivity index (χ4n) is 2.94. The summed E-state index contributed by atoms with van der Waals surface area (Å²) >= 11 is 1.32. The first kappa shape index (κ1) is 16.1. The van der Waals surface area contributed by atoms with Crippen molar-refractivity contribution in [3.63, 3.8) is 0 Å². The number of nitrogens with zero attached hydrogens (tertiary/aromatic N) is 2. The van der Waals surface area contributed by atoms with Gasteiger partial charge in [0.2, 0.25) is 0 Å². The van der Waals surface area contributed by atoms with E-state index in [9.17, 15) is 9.59 Å².